The molecule has 0 aliphatic carbocycles. The van der Waals surface area contributed by atoms with Crippen LogP contribution >= 0.6 is 11.3 Å². The number of thiophene rings is 1. The largest absolute Gasteiger partial charge is 0.338 e. The van der Waals surface area contributed by atoms with Crippen LogP contribution in [0.5, 0.6) is 0 Å². The summed E-state index contributed by atoms with van der Waals surface area (Å²) >= 11 is 1.60. The highest BCUT2D eigenvalue weighted by Crippen LogP contribution is 2.25. The molecule has 1 saturated heterocycles. The molecule has 5 nitrogen and oxygen atoms in total. The number of hydrogen-bond acceptors (Lipinski definition) is 6. The van der Waals surface area contributed by atoms with Gasteiger partial charge in [0.2, 0.25) is 11.7 Å². The van der Waals surface area contributed by atoms with Crippen LogP contribution in [0.2, 0.25) is 0 Å². The van der Waals surface area contributed by atoms with Crippen LogP contribution in [0.4, 0.5) is 4.39 Å². The van der Waals surface area contributed by atoms with Gasteiger partial charge in [0.05, 0.1) is 6.54 Å². The van der Waals surface area contributed by atoms with Gasteiger partial charge in [0, 0.05) is 36.6 Å². The molecule has 7 heteroatoms. The van der Waals surface area contributed by atoms with E-state index in [-0.39, 0.29) is 11.9 Å². The molecule has 0 saturated carbocycles. The molecular weight excluding hydrogens is 327 g/mol. The molecule has 0 radical (unpaired) electrons. The highest BCUT2D eigenvalue weighted by Gasteiger charge is 2.26. The van der Waals surface area contributed by atoms with Crippen LogP contribution in [0.25, 0.3) is 11.4 Å². The molecule has 0 bridgehead atoms. The van der Waals surface area contributed by atoms with E-state index in [1.807, 2.05) is 22.9 Å². The summed E-state index contributed by atoms with van der Waals surface area (Å²) in [5.41, 5.74) is 1.93. The van der Waals surface area contributed by atoms with E-state index < -0.39 is 0 Å². The van der Waals surface area contributed by atoms with Gasteiger partial charge in [-0.15, -0.1) is 0 Å². The molecule has 1 N–H and O–H groups in total. The molecule has 1 fully saturated rings. The third-order valence-corrected chi connectivity index (χ3v) is 4.86. The first-order chi connectivity index (χ1) is 11.8. The van der Waals surface area contributed by atoms with Crippen molar-refractivity contribution in [2.75, 3.05) is 19.6 Å². The first-order valence-electron chi connectivity index (χ1n) is 7.85. The number of rotatable bonds is 4. The van der Waals surface area contributed by atoms with E-state index in [9.17, 15) is 4.39 Å². The molecule has 1 atom stereocenters. The van der Waals surface area contributed by atoms with Crippen molar-refractivity contribution in [1.29, 1.82) is 0 Å². The van der Waals surface area contributed by atoms with Gasteiger partial charge in [-0.2, -0.15) is 16.3 Å². The lowest BCUT2D eigenvalue weighted by atomic mass is 10.0. The van der Waals surface area contributed by atoms with E-state index in [1.165, 1.54) is 6.07 Å². The third kappa shape index (κ3) is 3.24. The normalized spacial score (nSPS) is 18.8. The number of halogens is 1. The Balaban J connectivity index is 1.53. The summed E-state index contributed by atoms with van der Waals surface area (Å²) in [6.45, 7) is 3.06. The number of hydrogen-bond donors (Lipinski definition) is 1. The standard InChI is InChI=1S/C17H17FN4OS/c18-14-3-1-2-12(8-14)15-9-19-5-6-22(15)10-16-20-17(21-23-16)13-4-7-24-11-13/h1-4,7-8,11,15,19H,5-6,9-10H2. The van der Waals surface area contributed by atoms with E-state index in [1.54, 1.807) is 23.5 Å². The van der Waals surface area contributed by atoms with Crippen molar-refractivity contribution >= 4 is 11.3 Å². The molecule has 3 aromatic rings. The van der Waals surface area contributed by atoms with E-state index in [0.717, 1.165) is 30.8 Å². The lowest BCUT2D eigenvalue weighted by Crippen LogP contribution is -2.45. The fraction of sp³-hybridized carbons (Fsp3) is 0.294. The monoisotopic (exact) mass is 344 g/mol. The van der Waals surface area contributed by atoms with Gasteiger partial charge in [0.15, 0.2) is 0 Å². The second kappa shape index (κ2) is 6.80. The van der Waals surface area contributed by atoms with Crippen LogP contribution < -0.4 is 5.32 Å². The van der Waals surface area contributed by atoms with Gasteiger partial charge in [0.1, 0.15) is 5.82 Å². The predicted octanol–water partition coefficient (Wildman–Crippen LogP) is 3.08. The molecule has 1 aliphatic heterocycles. The zero-order valence-corrected chi connectivity index (χ0v) is 13.8. The summed E-state index contributed by atoms with van der Waals surface area (Å²) in [4.78, 5) is 6.73. The van der Waals surface area contributed by atoms with Crippen LogP contribution in [0.3, 0.4) is 0 Å². The molecule has 4 rings (SSSR count). The number of aromatic nitrogens is 2. The van der Waals surface area contributed by atoms with Gasteiger partial charge in [-0.05, 0) is 29.1 Å². The average molecular weight is 344 g/mol. The van der Waals surface area contributed by atoms with Crippen LogP contribution in [0.1, 0.15) is 17.5 Å². The minimum absolute atomic E-state index is 0.0888. The molecule has 0 spiro atoms. The summed E-state index contributed by atoms with van der Waals surface area (Å²) < 4.78 is 19.0. The maximum Gasteiger partial charge on any atom is 0.241 e. The molecule has 0 amide bonds. The summed E-state index contributed by atoms with van der Waals surface area (Å²) in [5, 5.41) is 11.4. The highest BCUT2D eigenvalue weighted by atomic mass is 32.1. The zero-order chi connectivity index (χ0) is 16.4. The molecule has 1 aromatic carbocycles. The predicted molar refractivity (Wildman–Crippen MR) is 90.0 cm³/mol. The van der Waals surface area contributed by atoms with Gasteiger partial charge in [0.25, 0.3) is 0 Å². The van der Waals surface area contributed by atoms with Crippen molar-refractivity contribution in [1.82, 2.24) is 20.4 Å². The van der Waals surface area contributed by atoms with Gasteiger partial charge in [-0.3, -0.25) is 4.90 Å². The molecule has 3 heterocycles. The Bertz CT molecular complexity index is 805. The van der Waals surface area contributed by atoms with Crippen LogP contribution in [-0.2, 0) is 6.54 Å². The summed E-state index contributed by atoms with van der Waals surface area (Å²) in [7, 11) is 0. The summed E-state index contributed by atoms with van der Waals surface area (Å²) in [6.07, 6.45) is 0. The highest BCUT2D eigenvalue weighted by molar-refractivity contribution is 7.08. The van der Waals surface area contributed by atoms with Crippen molar-refractivity contribution in [3.8, 4) is 11.4 Å². The quantitative estimate of drug-likeness (QED) is 0.788. The zero-order valence-electron chi connectivity index (χ0n) is 13.0. The Morgan fingerprint density at radius 2 is 2.33 bits per heavy atom. The first-order valence-corrected chi connectivity index (χ1v) is 8.79. The van der Waals surface area contributed by atoms with Gasteiger partial charge in [-0.1, -0.05) is 17.3 Å². The molecule has 1 unspecified atom stereocenters. The maximum atomic E-state index is 13.6. The average Bonchev–Trinajstić information content (AvgIpc) is 3.26. The topological polar surface area (TPSA) is 54.2 Å². The van der Waals surface area contributed by atoms with Crippen molar-refractivity contribution in [2.24, 2.45) is 0 Å². The molecule has 24 heavy (non-hydrogen) atoms. The Hall–Kier alpha value is -2.09. The first kappa shape index (κ1) is 15.4. The number of nitrogens with zero attached hydrogens (tertiary/aromatic N) is 3. The maximum absolute atomic E-state index is 13.6. The molecule has 124 valence electrons. The van der Waals surface area contributed by atoms with Gasteiger partial charge in [-0.25, -0.2) is 4.39 Å². The SMILES string of the molecule is Fc1cccc(C2CNCCN2Cc2nc(-c3ccsc3)no2)c1. The van der Waals surface area contributed by atoms with Crippen molar-refractivity contribution in [3.05, 3.63) is 58.4 Å². The van der Waals surface area contributed by atoms with E-state index in [2.05, 4.69) is 20.4 Å². The molecular formula is C17H17FN4OS. The van der Waals surface area contributed by atoms with Crippen LogP contribution in [0.15, 0.2) is 45.6 Å². The van der Waals surface area contributed by atoms with Crippen molar-refractivity contribution < 1.29 is 8.91 Å². The number of nitrogens with one attached hydrogen (secondary N) is 1. The smallest absolute Gasteiger partial charge is 0.241 e. The van der Waals surface area contributed by atoms with Gasteiger partial charge < -0.3 is 9.84 Å². The summed E-state index contributed by atoms with van der Waals surface area (Å²) in [6, 6.07) is 8.83. The molecule has 2 aromatic heterocycles. The van der Waals surface area contributed by atoms with Crippen LogP contribution in [-0.4, -0.2) is 34.7 Å². The second-order valence-electron chi connectivity index (χ2n) is 5.77. The fourth-order valence-corrected chi connectivity index (χ4v) is 3.61. The lowest BCUT2D eigenvalue weighted by molar-refractivity contribution is 0.135. The minimum atomic E-state index is -0.212. The Kier molecular flexibility index (Phi) is 4.38. The Morgan fingerprint density at radius 3 is 3.17 bits per heavy atom. The lowest BCUT2D eigenvalue weighted by Gasteiger charge is -2.35. The molecule has 1 aliphatic rings. The van der Waals surface area contributed by atoms with Crippen LogP contribution in [0, 0.1) is 5.82 Å². The van der Waals surface area contributed by atoms with Gasteiger partial charge >= 0.3 is 0 Å². The second-order valence-corrected chi connectivity index (χ2v) is 6.55. The number of piperazine rings is 1. The van der Waals surface area contributed by atoms with E-state index >= 15 is 0 Å². The van der Waals surface area contributed by atoms with E-state index in [4.69, 9.17) is 4.52 Å². The van der Waals surface area contributed by atoms with Crippen molar-refractivity contribution in [3.63, 3.8) is 0 Å². The van der Waals surface area contributed by atoms with E-state index in [0.29, 0.717) is 18.3 Å². The third-order valence-electron chi connectivity index (χ3n) is 4.17. The number of benzene rings is 1. The van der Waals surface area contributed by atoms with Crippen molar-refractivity contribution in [2.45, 2.75) is 12.6 Å². The minimum Gasteiger partial charge on any atom is -0.338 e. The fourth-order valence-electron chi connectivity index (χ4n) is 2.98. The Morgan fingerprint density at radius 1 is 1.38 bits per heavy atom. The summed E-state index contributed by atoms with van der Waals surface area (Å²) in [5.74, 6) is 0.985. The Labute approximate surface area is 143 Å².